The number of amides is 1. The monoisotopic (exact) mass is 390 g/mol. The van der Waals surface area contributed by atoms with E-state index in [-0.39, 0.29) is 18.6 Å². The van der Waals surface area contributed by atoms with Crippen molar-refractivity contribution in [3.8, 4) is 0 Å². The van der Waals surface area contributed by atoms with Crippen LogP contribution in [0.25, 0.3) is 10.2 Å². The number of aromatic nitrogens is 1. The number of rotatable bonds is 5. The Bertz CT molecular complexity index is 974. The molecule has 26 heavy (non-hydrogen) atoms. The molecule has 0 fully saturated rings. The van der Waals surface area contributed by atoms with E-state index < -0.39 is 5.97 Å². The first kappa shape index (κ1) is 18.5. The highest BCUT2D eigenvalue weighted by Gasteiger charge is 2.20. The molecule has 1 amide bonds. The number of esters is 1. The lowest BCUT2D eigenvalue weighted by atomic mass is 10.2. The summed E-state index contributed by atoms with van der Waals surface area (Å²) < 4.78 is 7.00. The number of carbonyl (C=O) groups is 2. The third-order valence-electron chi connectivity index (χ3n) is 3.83. The number of hydrogen-bond donors (Lipinski definition) is 1. The van der Waals surface area contributed by atoms with Gasteiger partial charge in [0.05, 0.1) is 6.10 Å². The van der Waals surface area contributed by atoms with Crippen LogP contribution in [-0.2, 0) is 16.1 Å². The van der Waals surface area contributed by atoms with E-state index in [1.807, 2.05) is 24.4 Å². The lowest BCUT2D eigenvalue weighted by molar-refractivity contribution is -0.116. The van der Waals surface area contributed by atoms with Crippen LogP contribution in [0.15, 0.2) is 35.7 Å². The zero-order valence-corrected chi connectivity index (χ0v) is 16.3. The summed E-state index contributed by atoms with van der Waals surface area (Å²) in [5.74, 6) is -0.671. The van der Waals surface area contributed by atoms with Gasteiger partial charge in [0, 0.05) is 16.1 Å². The number of aryl methyl sites for hydroxylation is 1. The number of hydrogen-bond acceptors (Lipinski definition) is 4. The van der Waals surface area contributed by atoms with Crippen LogP contribution in [0, 0.1) is 6.92 Å². The summed E-state index contributed by atoms with van der Waals surface area (Å²) in [5.41, 5.74) is 1.94. The van der Waals surface area contributed by atoms with Gasteiger partial charge in [-0.2, -0.15) is 0 Å². The lowest BCUT2D eigenvalue weighted by Crippen LogP contribution is -2.23. The molecule has 2 heterocycles. The minimum Gasteiger partial charge on any atom is -0.458 e. The van der Waals surface area contributed by atoms with Crippen molar-refractivity contribution >= 4 is 50.7 Å². The largest absolute Gasteiger partial charge is 0.458 e. The molecule has 1 N–H and O–H groups in total. The van der Waals surface area contributed by atoms with Crippen LogP contribution in [0.2, 0.25) is 5.02 Å². The van der Waals surface area contributed by atoms with Crippen molar-refractivity contribution in [3.63, 3.8) is 0 Å². The van der Waals surface area contributed by atoms with E-state index in [9.17, 15) is 9.59 Å². The Hall–Kier alpha value is -2.31. The highest BCUT2D eigenvalue weighted by Crippen LogP contribution is 2.26. The highest BCUT2D eigenvalue weighted by molar-refractivity contribution is 7.16. The van der Waals surface area contributed by atoms with E-state index >= 15 is 0 Å². The Morgan fingerprint density at radius 1 is 1.27 bits per heavy atom. The first-order valence-electron chi connectivity index (χ1n) is 8.19. The van der Waals surface area contributed by atoms with Crippen molar-refractivity contribution in [1.82, 2.24) is 4.57 Å². The predicted molar refractivity (Wildman–Crippen MR) is 105 cm³/mol. The van der Waals surface area contributed by atoms with Gasteiger partial charge in [0.2, 0.25) is 5.91 Å². The molecule has 0 aliphatic heterocycles. The summed E-state index contributed by atoms with van der Waals surface area (Å²) in [6, 6.07) is 9.00. The van der Waals surface area contributed by atoms with Gasteiger partial charge in [0.25, 0.3) is 0 Å². The first-order chi connectivity index (χ1) is 12.3. The maximum absolute atomic E-state index is 12.6. The minimum absolute atomic E-state index is 0.0124. The number of nitrogens with one attached hydrogen (secondary N) is 1. The molecular weight excluding hydrogens is 372 g/mol. The van der Waals surface area contributed by atoms with E-state index in [0.29, 0.717) is 16.4 Å². The number of halogens is 1. The molecule has 0 saturated carbocycles. The summed E-state index contributed by atoms with van der Waals surface area (Å²) in [5, 5.41) is 6.25. The van der Waals surface area contributed by atoms with Crippen LogP contribution in [0.5, 0.6) is 0 Å². The molecular formula is C19H19ClN2O3S. The van der Waals surface area contributed by atoms with Gasteiger partial charge in [-0.05, 0) is 56.0 Å². The third-order valence-corrected chi connectivity index (χ3v) is 5.02. The van der Waals surface area contributed by atoms with Crippen LogP contribution in [0.1, 0.15) is 29.9 Å². The summed E-state index contributed by atoms with van der Waals surface area (Å²) >= 11 is 7.48. The van der Waals surface area contributed by atoms with Crippen molar-refractivity contribution in [2.75, 3.05) is 5.32 Å². The average Bonchev–Trinajstić information content (AvgIpc) is 3.13. The lowest BCUT2D eigenvalue weighted by Gasteiger charge is -2.13. The number of thiophene rings is 1. The molecule has 0 saturated heterocycles. The van der Waals surface area contributed by atoms with Crippen LogP contribution < -0.4 is 5.32 Å². The maximum atomic E-state index is 12.6. The molecule has 0 aliphatic rings. The molecule has 0 spiro atoms. The van der Waals surface area contributed by atoms with Crippen LogP contribution in [0.4, 0.5) is 5.69 Å². The summed E-state index contributed by atoms with van der Waals surface area (Å²) in [6.07, 6.45) is -0.230. The van der Waals surface area contributed by atoms with Crippen LogP contribution in [-0.4, -0.2) is 22.5 Å². The normalized spacial score (nSPS) is 11.1. The highest BCUT2D eigenvalue weighted by atomic mass is 35.5. The molecule has 0 unspecified atom stereocenters. The minimum atomic E-state index is -0.435. The molecule has 7 heteroatoms. The van der Waals surface area contributed by atoms with Gasteiger partial charge in [-0.25, -0.2) is 4.79 Å². The average molecular weight is 391 g/mol. The Labute approximate surface area is 160 Å². The number of ether oxygens (including phenoxy) is 1. The molecule has 0 radical (unpaired) electrons. The van der Waals surface area contributed by atoms with Gasteiger partial charge in [-0.1, -0.05) is 17.7 Å². The van der Waals surface area contributed by atoms with E-state index in [1.54, 1.807) is 36.6 Å². The Morgan fingerprint density at radius 3 is 2.77 bits per heavy atom. The number of fused-ring (bicyclic) bond motifs is 1. The maximum Gasteiger partial charge on any atom is 0.355 e. The summed E-state index contributed by atoms with van der Waals surface area (Å²) in [6.45, 7) is 5.49. The number of nitrogens with zero attached hydrogens (tertiary/aromatic N) is 1. The number of anilines is 1. The number of carbonyl (C=O) groups excluding carboxylic acids is 2. The van der Waals surface area contributed by atoms with Gasteiger partial charge in [0.15, 0.2) is 0 Å². The quantitative estimate of drug-likeness (QED) is 0.632. The molecule has 0 aliphatic carbocycles. The van der Waals surface area contributed by atoms with Crippen LogP contribution >= 0.6 is 22.9 Å². The van der Waals surface area contributed by atoms with Crippen molar-refractivity contribution in [1.29, 1.82) is 0 Å². The Morgan fingerprint density at radius 2 is 2.04 bits per heavy atom. The van der Waals surface area contributed by atoms with E-state index in [0.717, 1.165) is 15.8 Å². The molecule has 0 atom stereocenters. The zero-order valence-electron chi connectivity index (χ0n) is 14.7. The van der Waals surface area contributed by atoms with Gasteiger partial charge < -0.3 is 14.6 Å². The molecule has 136 valence electrons. The fraction of sp³-hybridized carbons (Fsp3) is 0.263. The standard InChI is InChI=1S/C19H19ClN2O3S/c1-11(2)25-19(24)16-8-13-6-7-26-18(13)22(16)10-17(23)21-15-9-14(20)5-4-12(15)3/h4-9,11H,10H2,1-3H3,(H,21,23). The van der Waals surface area contributed by atoms with Crippen molar-refractivity contribution in [2.45, 2.75) is 33.4 Å². The van der Waals surface area contributed by atoms with Crippen molar-refractivity contribution < 1.29 is 14.3 Å². The topological polar surface area (TPSA) is 60.3 Å². The van der Waals surface area contributed by atoms with Crippen molar-refractivity contribution in [2.24, 2.45) is 0 Å². The SMILES string of the molecule is Cc1ccc(Cl)cc1NC(=O)Cn1c(C(=O)OC(C)C)cc2ccsc21. The van der Waals surface area contributed by atoms with Gasteiger partial charge in [-0.3, -0.25) is 4.79 Å². The Balaban J connectivity index is 1.87. The zero-order chi connectivity index (χ0) is 18.8. The summed E-state index contributed by atoms with van der Waals surface area (Å²) in [4.78, 5) is 25.8. The van der Waals surface area contributed by atoms with Gasteiger partial charge in [0.1, 0.15) is 17.1 Å². The smallest absolute Gasteiger partial charge is 0.355 e. The van der Waals surface area contributed by atoms with Gasteiger partial charge >= 0.3 is 5.97 Å². The molecule has 2 aromatic heterocycles. The summed E-state index contributed by atoms with van der Waals surface area (Å²) in [7, 11) is 0. The van der Waals surface area contributed by atoms with Crippen molar-refractivity contribution in [3.05, 3.63) is 52.0 Å². The molecule has 3 aromatic rings. The number of benzene rings is 1. The molecule has 5 nitrogen and oxygen atoms in total. The van der Waals surface area contributed by atoms with Crippen LogP contribution in [0.3, 0.4) is 0 Å². The fourth-order valence-electron chi connectivity index (χ4n) is 2.64. The predicted octanol–water partition coefficient (Wildman–Crippen LogP) is 4.87. The Kier molecular flexibility index (Phi) is 5.34. The van der Waals surface area contributed by atoms with Gasteiger partial charge in [-0.15, -0.1) is 11.3 Å². The second-order valence-electron chi connectivity index (χ2n) is 6.26. The third kappa shape index (κ3) is 3.92. The van der Waals surface area contributed by atoms with E-state index in [2.05, 4.69) is 5.32 Å². The molecule has 0 bridgehead atoms. The second kappa shape index (κ2) is 7.51. The second-order valence-corrected chi connectivity index (χ2v) is 7.59. The fourth-order valence-corrected chi connectivity index (χ4v) is 3.71. The van der Waals surface area contributed by atoms with E-state index in [4.69, 9.17) is 16.3 Å². The van der Waals surface area contributed by atoms with E-state index in [1.165, 1.54) is 11.3 Å². The molecule has 1 aromatic carbocycles. The first-order valence-corrected chi connectivity index (χ1v) is 9.44. The molecule has 3 rings (SSSR count).